The van der Waals surface area contributed by atoms with Crippen LogP contribution in [0.3, 0.4) is 0 Å². The van der Waals surface area contributed by atoms with Gasteiger partial charge in [-0.15, -0.1) is 0 Å². The van der Waals surface area contributed by atoms with E-state index in [1.165, 1.54) is 60.1 Å². The van der Waals surface area contributed by atoms with Gasteiger partial charge in [0.25, 0.3) is 5.91 Å². The van der Waals surface area contributed by atoms with E-state index in [4.69, 9.17) is 14.2 Å². The number of benzene rings is 1. The minimum atomic E-state index is -0.303. The SMILES string of the molecule is COc1cc(C(=O)NCCC(=O)NCCCN2CCCCCC2)cc(OC)c1OC. The molecule has 0 radical (unpaired) electrons. The minimum Gasteiger partial charge on any atom is -0.493 e. The maximum atomic E-state index is 12.4. The van der Waals surface area contributed by atoms with Gasteiger partial charge in [0, 0.05) is 25.1 Å². The quantitative estimate of drug-likeness (QED) is 0.533. The average Bonchev–Trinajstić information content (AvgIpc) is 3.04. The zero-order valence-electron chi connectivity index (χ0n) is 18.4. The van der Waals surface area contributed by atoms with E-state index < -0.39 is 0 Å². The number of nitrogens with zero attached hydrogens (tertiary/aromatic N) is 1. The van der Waals surface area contributed by atoms with Crippen LogP contribution in [0.5, 0.6) is 17.2 Å². The van der Waals surface area contributed by atoms with Crippen LogP contribution in [-0.4, -0.2) is 70.8 Å². The first-order valence-corrected chi connectivity index (χ1v) is 10.7. The third-order valence-electron chi connectivity index (χ3n) is 5.24. The van der Waals surface area contributed by atoms with Crippen LogP contribution in [0.4, 0.5) is 0 Å². The standard InChI is InChI=1S/C22H35N3O5/c1-28-18-15-17(16-19(29-2)21(18)30-3)22(27)24-11-9-20(26)23-10-8-14-25-12-6-4-5-7-13-25/h15-16H,4-14H2,1-3H3,(H,23,26)(H,24,27). The van der Waals surface area contributed by atoms with Crippen molar-refractivity contribution < 1.29 is 23.8 Å². The van der Waals surface area contributed by atoms with Crippen molar-refractivity contribution in [3.8, 4) is 17.2 Å². The van der Waals surface area contributed by atoms with Crippen LogP contribution in [-0.2, 0) is 4.79 Å². The van der Waals surface area contributed by atoms with Gasteiger partial charge in [-0.3, -0.25) is 9.59 Å². The first-order chi connectivity index (χ1) is 14.6. The topological polar surface area (TPSA) is 89.1 Å². The second-order valence-corrected chi connectivity index (χ2v) is 7.38. The molecule has 1 aliphatic heterocycles. The average molecular weight is 422 g/mol. The molecule has 8 heteroatoms. The third-order valence-corrected chi connectivity index (χ3v) is 5.24. The highest BCUT2D eigenvalue weighted by atomic mass is 16.5. The van der Waals surface area contributed by atoms with E-state index >= 15 is 0 Å². The van der Waals surface area contributed by atoms with Gasteiger partial charge in [0.05, 0.1) is 21.3 Å². The molecule has 0 saturated carbocycles. The number of rotatable bonds is 11. The number of amides is 2. The molecular weight excluding hydrogens is 386 g/mol. The fourth-order valence-corrected chi connectivity index (χ4v) is 3.58. The third kappa shape index (κ3) is 7.40. The molecule has 0 unspecified atom stereocenters. The smallest absolute Gasteiger partial charge is 0.251 e. The lowest BCUT2D eigenvalue weighted by atomic mass is 10.1. The predicted molar refractivity (Wildman–Crippen MR) is 116 cm³/mol. The Bertz CT molecular complexity index is 662. The van der Waals surface area contributed by atoms with E-state index in [9.17, 15) is 9.59 Å². The lowest BCUT2D eigenvalue weighted by Gasteiger charge is -2.19. The fourth-order valence-electron chi connectivity index (χ4n) is 3.58. The van der Waals surface area contributed by atoms with Crippen molar-refractivity contribution in [3.05, 3.63) is 17.7 Å². The Labute approximate surface area is 179 Å². The molecule has 1 fully saturated rings. The van der Waals surface area contributed by atoms with Gasteiger partial charge < -0.3 is 29.7 Å². The number of likely N-dealkylation sites (tertiary alicyclic amines) is 1. The molecule has 1 aromatic rings. The van der Waals surface area contributed by atoms with Crippen molar-refractivity contribution in [3.63, 3.8) is 0 Å². The van der Waals surface area contributed by atoms with Crippen LogP contribution in [0.25, 0.3) is 0 Å². The molecule has 0 spiro atoms. The molecule has 1 aromatic carbocycles. The second kappa shape index (κ2) is 13.0. The summed E-state index contributed by atoms with van der Waals surface area (Å²) in [6.45, 7) is 4.28. The molecule has 1 saturated heterocycles. The van der Waals surface area contributed by atoms with Gasteiger partial charge in [0.2, 0.25) is 11.7 Å². The molecule has 1 heterocycles. The molecule has 168 valence electrons. The largest absolute Gasteiger partial charge is 0.493 e. The summed E-state index contributed by atoms with van der Waals surface area (Å²) in [7, 11) is 4.50. The Hall–Kier alpha value is -2.48. The van der Waals surface area contributed by atoms with Crippen LogP contribution < -0.4 is 24.8 Å². The molecule has 30 heavy (non-hydrogen) atoms. The molecule has 0 aliphatic carbocycles. The summed E-state index contributed by atoms with van der Waals surface area (Å²) in [6.07, 6.45) is 6.39. The highest BCUT2D eigenvalue weighted by molar-refractivity contribution is 5.95. The number of nitrogens with one attached hydrogen (secondary N) is 2. The molecule has 8 nitrogen and oxygen atoms in total. The van der Waals surface area contributed by atoms with Gasteiger partial charge in [-0.05, 0) is 51.0 Å². The monoisotopic (exact) mass is 421 g/mol. The molecular formula is C22H35N3O5. The Morgan fingerprint density at radius 3 is 2.10 bits per heavy atom. The van der Waals surface area contributed by atoms with E-state index in [1.807, 2.05) is 0 Å². The Kier molecular flexibility index (Phi) is 10.3. The van der Waals surface area contributed by atoms with E-state index in [0.717, 1.165) is 13.0 Å². The lowest BCUT2D eigenvalue weighted by molar-refractivity contribution is -0.120. The predicted octanol–water partition coefficient (Wildman–Crippen LogP) is 2.21. The Morgan fingerprint density at radius 2 is 1.53 bits per heavy atom. The summed E-state index contributed by atoms with van der Waals surface area (Å²) in [5.41, 5.74) is 0.377. The van der Waals surface area contributed by atoms with Gasteiger partial charge in [-0.2, -0.15) is 0 Å². The number of hydrogen-bond acceptors (Lipinski definition) is 6. The molecule has 0 aromatic heterocycles. The van der Waals surface area contributed by atoms with Gasteiger partial charge in [-0.25, -0.2) is 0 Å². The highest BCUT2D eigenvalue weighted by Crippen LogP contribution is 2.38. The van der Waals surface area contributed by atoms with Crippen molar-refractivity contribution >= 4 is 11.8 Å². The van der Waals surface area contributed by atoms with Crippen LogP contribution >= 0.6 is 0 Å². The second-order valence-electron chi connectivity index (χ2n) is 7.38. The van der Waals surface area contributed by atoms with Gasteiger partial charge in [0.1, 0.15) is 0 Å². The van der Waals surface area contributed by atoms with Crippen molar-refractivity contribution in [2.24, 2.45) is 0 Å². The fraction of sp³-hybridized carbons (Fsp3) is 0.636. The maximum absolute atomic E-state index is 12.4. The molecule has 1 aliphatic rings. The van der Waals surface area contributed by atoms with E-state index in [1.54, 1.807) is 12.1 Å². The molecule has 2 amide bonds. The lowest BCUT2D eigenvalue weighted by Crippen LogP contribution is -2.33. The normalized spacial score (nSPS) is 14.5. The van der Waals surface area contributed by atoms with Crippen molar-refractivity contribution in [1.29, 1.82) is 0 Å². The van der Waals surface area contributed by atoms with Crippen molar-refractivity contribution in [1.82, 2.24) is 15.5 Å². The minimum absolute atomic E-state index is 0.0592. The summed E-state index contributed by atoms with van der Waals surface area (Å²) >= 11 is 0. The van der Waals surface area contributed by atoms with E-state index in [-0.39, 0.29) is 24.8 Å². The van der Waals surface area contributed by atoms with Crippen LogP contribution in [0.1, 0.15) is 48.9 Å². The van der Waals surface area contributed by atoms with Gasteiger partial charge >= 0.3 is 0 Å². The molecule has 2 N–H and O–H groups in total. The van der Waals surface area contributed by atoms with E-state index in [0.29, 0.717) is 29.4 Å². The van der Waals surface area contributed by atoms with Crippen molar-refractivity contribution in [2.75, 3.05) is 54.1 Å². The molecule has 2 rings (SSSR count). The number of hydrogen-bond donors (Lipinski definition) is 2. The maximum Gasteiger partial charge on any atom is 0.251 e. The number of carbonyl (C=O) groups excluding carboxylic acids is 2. The number of ether oxygens (including phenoxy) is 3. The zero-order chi connectivity index (χ0) is 21.8. The number of carbonyl (C=O) groups is 2. The summed E-state index contributed by atoms with van der Waals surface area (Å²) in [4.78, 5) is 26.9. The molecule has 0 bridgehead atoms. The summed E-state index contributed by atoms with van der Waals surface area (Å²) in [5.74, 6) is 0.878. The van der Waals surface area contributed by atoms with Crippen molar-refractivity contribution in [2.45, 2.75) is 38.5 Å². The first-order valence-electron chi connectivity index (χ1n) is 10.7. The van der Waals surface area contributed by atoms with Crippen LogP contribution in [0.2, 0.25) is 0 Å². The van der Waals surface area contributed by atoms with Gasteiger partial charge in [-0.1, -0.05) is 12.8 Å². The number of methoxy groups -OCH3 is 3. The zero-order valence-corrected chi connectivity index (χ0v) is 18.4. The summed E-state index contributed by atoms with van der Waals surface area (Å²) in [6, 6.07) is 3.17. The van der Waals surface area contributed by atoms with Gasteiger partial charge in [0.15, 0.2) is 11.5 Å². The van der Waals surface area contributed by atoms with E-state index in [2.05, 4.69) is 15.5 Å². The highest BCUT2D eigenvalue weighted by Gasteiger charge is 2.17. The van der Waals surface area contributed by atoms with Crippen LogP contribution in [0, 0.1) is 0 Å². The van der Waals surface area contributed by atoms with Crippen LogP contribution in [0.15, 0.2) is 12.1 Å². The summed E-state index contributed by atoms with van der Waals surface area (Å²) in [5, 5.41) is 5.69. The Morgan fingerprint density at radius 1 is 0.900 bits per heavy atom. The first kappa shape index (κ1) is 23.8. The Balaban J connectivity index is 1.70. The summed E-state index contributed by atoms with van der Waals surface area (Å²) < 4.78 is 15.8. The molecule has 0 atom stereocenters.